The molecule has 134 valence electrons. The van der Waals surface area contributed by atoms with Crippen LogP contribution in [0.3, 0.4) is 0 Å². The standard InChI is InChI=1S/C20H27N3O2/c1-4-17(14-10-12-15(25-3)13-11-14)21-20(24)19-16-8-6-7-9-18(16)22-23(19)5-2/h10-13,17H,4-9H2,1-3H3,(H,21,24)/t17-/m0/s1. The number of rotatable bonds is 6. The summed E-state index contributed by atoms with van der Waals surface area (Å²) in [5.74, 6) is 0.809. The molecule has 3 rings (SSSR count). The zero-order valence-electron chi connectivity index (χ0n) is 15.3. The minimum Gasteiger partial charge on any atom is -0.497 e. The van der Waals surface area contributed by atoms with Gasteiger partial charge in [-0.1, -0.05) is 19.1 Å². The van der Waals surface area contributed by atoms with Crippen LogP contribution < -0.4 is 10.1 Å². The Morgan fingerprint density at radius 1 is 1.24 bits per heavy atom. The predicted octanol–water partition coefficient (Wildman–Crippen LogP) is 3.67. The van der Waals surface area contributed by atoms with E-state index >= 15 is 0 Å². The molecule has 0 bridgehead atoms. The van der Waals surface area contributed by atoms with Gasteiger partial charge in [-0.2, -0.15) is 5.10 Å². The molecule has 0 spiro atoms. The van der Waals surface area contributed by atoms with E-state index in [2.05, 4.69) is 17.3 Å². The fourth-order valence-electron chi connectivity index (χ4n) is 3.57. The summed E-state index contributed by atoms with van der Waals surface area (Å²) in [5.41, 5.74) is 4.10. The maximum atomic E-state index is 13.0. The predicted molar refractivity (Wildman–Crippen MR) is 98.0 cm³/mol. The van der Waals surface area contributed by atoms with Crippen LogP contribution in [-0.4, -0.2) is 22.8 Å². The fourth-order valence-corrected chi connectivity index (χ4v) is 3.57. The number of carbonyl (C=O) groups is 1. The Balaban J connectivity index is 1.83. The number of fused-ring (bicyclic) bond motifs is 1. The average Bonchev–Trinajstić information content (AvgIpc) is 3.04. The summed E-state index contributed by atoms with van der Waals surface area (Å²) in [6.07, 6.45) is 5.08. The summed E-state index contributed by atoms with van der Waals surface area (Å²) in [6.45, 7) is 4.84. The number of methoxy groups -OCH3 is 1. The first kappa shape index (κ1) is 17.5. The number of ether oxygens (including phenoxy) is 1. The third-order valence-electron chi connectivity index (χ3n) is 4.97. The van der Waals surface area contributed by atoms with Crippen LogP contribution in [0.2, 0.25) is 0 Å². The maximum absolute atomic E-state index is 13.0. The topological polar surface area (TPSA) is 56.2 Å². The van der Waals surface area contributed by atoms with E-state index in [1.807, 2.05) is 35.9 Å². The van der Waals surface area contributed by atoms with Crippen LogP contribution in [0.25, 0.3) is 0 Å². The van der Waals surface area contributed by atoms with E-state index in [0.29, 0.717) is 0 Å². The Bertz CT molecular complexity index is 734. The number of nitrogens with one attached hydrogen (secondary N) is 1. The van der Waals surface area contributed by atoms with E-state index < -0.39 is 0 Å². The highest BCUT2D eigenvalue weighted by atomic mass is 16.5. The molecular formula is C20H27N3O2. The van der Waals surface area contributed by atoms with E-state index in [4.69, 9.17) is 4.74 Å². The lowest BCUT2D eigenvalue weighted by Crippen LogP contribution is -2.31. The first-order valence-corrected chi connectivity index (χ1v) is 9.21. The number of aromatic nitrogens is 2. The quantitative estimate of drug-likeness (QED) is 0.872. The van der Waals surface area contributed by atoms with Gasteiger partial charge in [-0.25, -0.2) is 0 Å². The van der Waals surface area contributed by atoms with E-state index in [9.17, 15) is 4.79 Å². The molecule has 1 aromatic carbocycles. The number of benzene rings is 1. The molecule has 1 amide bonds. The molecule has 0 fully saturated rings. The van der Waals surface area contributed by atoms with Crippen LogP contribution in [0.4, 0.5) is 0 Å². The molecule has 0 saturated carbocycles. The molecule has 1 heterocycles. The molecule has 5 heteroatoms. The third-order valence-corrected chi connectivity index (χ3v) is 4.97. The number of aryl methyl sites for hydroxylation is 2. The van der Waals surface area contributed by atoms with Crippen LogP contribution >= 0.6 is 0 Å². The molecule has 2 aromatic rings. The van der Waals surface area contributed by atoms with Crippen molar-refractivity contribution in [3.05, 3.63) is 46.8 Å². The summed E-state index contributed by atoms with van der Waals surface area (Å²) in [5, 5.41) is 7.87. The fraction of sp³-hybridized carbons (Fsp3) is 0.500. The smallest absolute Gasteiger partial charge is 0.270 e. The Kier molecular flexibility index (Phi) is 5.41. The molecule has 25 heavy (non-hydrogen) atoms. The number of carbonyl (C=O) groups excluding carboxylic acids is 1. The maximum Gasteiger partial charge on any atom is 0.270 e. The number of hydrogen-bond donors (Lipinski definition) is 1. The van der Waals surface area contributed by atoms with Gasteiger partial charge in [-0.3, -0.25) is 9.48 Å². The van der Waals surface area contributed by atoms with Crippen molar-refractivity contribution in [1.82, 2.24) is 15.1 Å². The van der Waals surface area contributed by atoms with Crippen molar-refractivity contribution in [3.63, 3.8) is 0 Å². The number of nitrogens with zero attached hydrogens (tertiary/aromatic N) is 2. The highest BCUT2D eigenvalue weighted by molar-refractivity contribution is 5.94. The van der Waals surface area contributed by atoms with Gasteiger partial charge >= 0.3 is 0 Å². The number of amides is 1. The molecule has 5 nitrogen and oxygen atoms in total. The van der Waals surface area contributed by atoms with Gasteiger partial charge in [-0.15, -0.1) is 0 Å². The lowest BCUT2D eigenvalue weighted by molar-refractivity contribution is 0.0923. The van der Waals surface area contributed by atoms with Crippen molar-refractivity contribution in [2.24, 2.45) is 0 Å². The van der Waals surface area contributed by atoms with E-state index in [1.54, 1.807) is 7.11 Å². The highest BCUT2D eigenvalue weighted by Gasteiger charge is 2.26. The first-order valence-electron chi connectivity index (χ1n) is 9.21. The van der Waals surface area contributed by atoms with Crippen LogP contribution in [0.1, 0.15) is 66.5 Å². The van der Waals surface area contributed by atoms with Crippen molar-refractivity contribution in [1.29, 1.82) is 0 Å². The second-order valence-electron chi connectivity index (χ2n) is 6.50. The van der Waals surface area contributed by atoms with Gasteiger partial charge in [0.1, 0.15) is 11.4 Å². The van der Waals surface area contributed by atoms with Gasteiger partial charge in [-0.05, 0) is 56.7 Å². The van der Waals surface area contributed by atoms with Crippen molar-refractivity contribution < 1.29 is 9.53 Å². The summed E-state index contributed by atoms with van der Waals surface area (Å²) in [6, 6.07) is 7.88. The SMILES string of the molecule is CC[C@H](NC(=O)c1c2c(nn1CC)CCCC2)c1ccc(OC)cc1. The highest BCUT2D eigenvalue weighted by Crippen LogP contribution is 2.26. The first-order chi connectivity index (χ1) is 12.2. The van der Waals surface area contributed by atoms with Gasteiger partial charge in [0.15, 0.2) is 0 Å². The minimum atomic E-state index is -0.0159. The van der Waals surface area contributed by atoms with Gasteiger partial charge in [0.05, 0.1) is 18.8 Å². The normalized spacial score (nSPS) is 14.7. The molecule has 1 atom stereocenters. The second kappa shape index (κ2) is 7.72. The minimum absolute atomic E-state index is 0.0137. The van der Waals surface area contributed by atoms with Crippen LogP contribution in [0.15, 0.2) is 24.3 Å². The monoisotopic (exact) mass is 341 g/mol. The molecule has 0 unspecified atom stereocenters. The molecule has 0 radical (unpaired) electrons. The Hall–Kier alpha value is -2.30. The summed E-state index contributed by atoms with van der Waals surface area (Å²) < 4.78 is 7.08. The molecule has 0 aliphatic heterocycles. The second-order valence-corrected chi connectivity index (χ2v) is 6.50. The van der Waals surface area contributed by atoms with Crippen LogP contribution in [0.5, 0.6) is 5.75 Å². The zero-order chi connectivity index (χ0) is 17.8. The zero-order valence-corrected chi connectivity index (χ0v) is 15.3. The number of hydrogen-bond acceptors (Lipinski definition) is 3. The molecule has 1 aliphatic rings. The summed E-state index contributed by atoms with van der Waals surface area (Å²) in [4.78, 5) is 13.0. The Morgan fingerprint density at radius 3 is 2.60 bits per heavy atom. The van der Waals surface area contributed by atoms with Crippen molar-refractivity contribution in [2.75, 3.05) is 7.11 Å². The molecular weight excluding hydrogens is 314 g/mol. The van der Waals surface area contributed by atoms with Crippen molar-refractivity contribution in [3.8, 4) is 5.75 Å². The molecule has 1 aliphatic carbocycles. The van der Waals surface area contributed by atoms with Gasteiger partial charge < -0.3 is 10.1 Å². The van der Waals surface area contributed by atoms with Crippen LogP contribution in [0, 0.1) is 0 Å². The third kappa shape index (κ3) is 3.55. The Morgan fingerprint density at radius 2 is 1.96 bits per heavy atom. The largest absolute Gasteiger partial charge is 0.497 e. The van der Waals surface area contributed by atoms with E-state index in [1.165, 1.54) is 0 Å². The van der Waals surface area contributed by atoms with Gasteiger partial charge in [0, 0.05) is 12.1 Å². The van der Waals surface area contributed by atoms with Gasteiger partial charge in [0.25, 0.3) is 5.91 Å². The Labute approximate surface area is 149 Å². The summed E-state index contributed by atoms with van der Waals surface area (Å²) in [7, 11) is 1.66. The van der Waals surface area contributed by atoms with Crippen LogP contribution in [-0.2, 0) is 19.4 Å². The lowest BCUT2D eigenvalue weighted by atomic mass is 9.95. The average molecular weight is 341 g/mol. The molecule has 0 saturated heterocycles. The molecule has 1 N–H and O–H groups in total. The molecule has 1 aromatic heterocycles. The summed E-state index contributed by atoms with van der Waals surface area (Å²) >= 11 is 0. The van der Waals surface area contributed by atoms with E-state index in [0.717, 1.165) is 66.9 Å². The van der Waals surface area contributed by atoms with Crippen molar-refractivity contribution >= 4 is 5.91 Å². The van der Waals surface area contributed by atoms with Crippen molar-refractivity contribution in [2.45, 2.75) is 58.5 Å². The lowest BCUT2D eigenvalue weighted by Gasteiger charge is -2.19. The van der Waals surface area contributed by atoms with Gasteiger partial charge in [0.2, 0.25) is 0 Å². The van der Waals surface area contributed by atoms with E-state index in [-0.39, 0.29) is 11.9 Å².